The third kappa shape index (κ3) is 34.5. The zero-order chi connectivity index (χ0) is 34.5. The summed E-state index contributed by atoms with van der Waals surface area (Å²) in [6.07, 6.45) is 44.3. The van der Waals surface area contributed by atoms with Crippen LogP contribution in [0.25, 0.3) is 0 Å². The summed E-state index contributed by atoms with van der Waals surface area (Å²) in [5.74, 6) is -0.139. The van der Waals surface area contributed by atoms with E-state index in [1.54, 1.807) is 6.08 Å². The molecule has 0 spiro atoms. The van der Waals surface area contributed by atoms with Crippen LogP contribution in [0, 0.1) is 0 Å². The van der Waals surface area contributed by atoms with E-state index in [-0.39, 0.29) is 18.9 Å². The van der Waals surface area contributed by atoms with Crippen molar-refractivity contribution in [3.63, 3.8) is 0 Å². The van der Waals surface area contributed by atoms with E-state index in [2.05, 4.69) is 31.3 Å². The van der Waals surface area contributed by atoms with E-state index in [9.17, 15) is 20.1 Å². The van der Waals surface area contributed by atoms with Gasteiger partial charge < -0.3 is 20.6 Å². The van der Waals surface area contributed by atoms with Crippen LogP contribution in [0.1, 0.15) is 213 Å². The predicted molar refractivity (Wildman–Crippen MR) is 204 cm³/mol. The highest BCUT2D eigenvalue weighted by Gasteiger charge is 2.22. The minimum atomic E-state index is -0.994. The first-order chi connectivity index (χ1) is 23.0. The average Bonchev–Trinajstić information content (AvgIpc) is 3.06. The van der Waals surface area contributed by atoms with Gasteiger partial charge in [0.1, 0.15) is 0 Å². The normalized spacial score (nSPS) is 13.9. The second kappa shape index (κ2) is 37.6. The minimum absolute atomic E-state index is 0.0868. The molecule has 0 saturated carbocycles. The van der Waals surface area contributed by atoms with Gasteiger partial charge in [-0.3, -0.25) is 4.79 Å². The number of carbonyl (C=O) groups is 1. The fraction of sp³-hybridized carbons (Fsp3) is 0.881. The summed E-state index contributed by atoms with van der Waals surface area (Å²) < 4.78 is 0. The molecule has 47 heavy (non-hydrogen) atoms. The fourth-order valence-electron chi connectivity index (χ4n) is 6.32. The van der Waals surface area contributed by atoms with Crippen molar-refractivity contribution in [1.29, 1.82) is 0 Å². The first kappa shape index (κ1) is 45.8. The molecule has 0 aromatic carbocycles. The van der Waals surface area contributed by atoms with Crippen LogP contribution in [0.4, 0.5) is 0 Å². The molecule has 0 aromatic rings. The summed E-state index contributed by atoms with van der Waals surface area (Å²) >= 11 is 0. The van der Waals surface area contributed by atoms with Crippen molar-refractivity contribution in [3.8, 4) is 0 Å². The lowest BCUT2D eigenvalue weighted by Crippen LogP contribution is -2.46. The molecule has 0 aromatic heterocycles. The number of aliphatic hydroxyl groups is 3. The van der Waals surface area contributed by atoms with E-state index >= 15 is 0 Å². The number of rotatable bonds is 37. The molecule has 0 saturated heterocycles. The molecule has 5 heteroatoms. The topological polar surface area (TPSA) is 89.8 Å². The molecule has 0 unspecified atom stereocenters. The molecule has 0 bridgehead atoms. The van der Waals surface area contributed by atoms with E-state index in [0.717, 1.165) is 32.1 Å². The van der Waals surface area contributed by atoms with Crippen LogP contribution in [-0.2, 0) is 4.79 Å². The van der Waals surface area contributed by atoms with E-state index < -0.39 is 18.2 Å². The highest BCUT2D eigenvalue weighted by molar-refractivity contribution is 5.76. The van der Waals surface area contributed by atoms with Gasteiger partial charge in [-0.25, -0.2) is 0 Å². The highest BCUT2D eigenvalue weighted by atomic mass is 16.3. The lowest BCUT2D eigenvalue weighted by Gasteiger charge is -2.23. The monoisotopic (exact) mass is 664 g/mol. The number of unbranched alkanes of at least 4 members (excludes halogenated alkanes) is 26. The molecule has 0 aliphatic rings. The van der Waals surface area contributed by atoms with Crippen molar-refractivity contribution in [3.05, 3.63) is 24.3 Å². The first-order valence-electron chi connectivity index (χ1n) is 20.6. The van der Waals surface area contributed by atoms with Gasteiger partial charge in [-0.2, -0.15) is 0 Å². The Morgan fingerprint density at radius 3 is 1.38 bits per heavy atom. The average molecular weight is 664 g/mol. The minimum Gasteiger partial charge on any atom is -0.394 e. The molecule has 0 aliphatic heterocycles. The number of allylic oxidation sites excluding steroid dienone is 3. The van der Waals surface area contributed by atoms with Gasteiger partial charge >= 0.3 is 0 Å². The number of amides is 1. The molecule has 3 atom stereocenters. The van der Waals surface area contributed by atoms with Crippen molar-refractivity contribution in [2.75, 3.05) is 6.61 Å². The third-order valence-corrected chi connectivity index (χ3v) is 9.52. The smallest absolute Gasteiger partial charge is 0.220 e. The molecule has 0 rings (SSSR count). The first-order valence-corrected chi connectivity index (χ1v) is 20.6. The zero-order valence-corrected chi connectivity index (χ0v) is 31.4. The van der Waals surface area contributed by atoms with Gasteiger partial charge in [0, 0.05) is 12.8 Å². The van der Waals surface area contributed by atoms with Crippen molar-refractivity contribution < 1.29 is 20.1 Å². The van der Waals surface area contributed by atoms with Crippen molar-refractivity contribution in [2.24, 2.45) is 0 Å². The Kier molecular flexibility index (Phi) is 36.7. The highest BCUT2D eigenvalue weighted by Crippen LogP contribution is 2.15. The quantitative estimate of drug-likeness (QED) is 0.0393. The van der Waals surface area contributed by atoms with Gasteiger partial charge in [-0.15, -0.1) is 0 Å². The van der Waals surface area contributed by atoms with Gasteiger partial charge in [-0.05, 0) is 25.7 Å². The van der Waals surface area contributed by atoms with Gasteiger partial charge in [-0.1, -0.05) is 199 Å². The Bertz CT molecular complexity index is 694. The maximum Gasteiger partial charge on any atom is 0.220 e. The molecule has 1 amide bonds. The summed E-state index contributed by atoms with van der Waals surface area (Å²) in [7, 11) is 0. The molecule has 0 radical (unpaired) electrons. The lowest BCUT2D eigenvalue weighted by atomic mass is 10.0. The van der Waals surface area contributed by atoms with E-state index in [0.29, 0.717) is 6.42 Å². The largest absolute Gasteiger partial charge is 0.394 e. The lowest BCUT2D eigenvalue weighted by molar-refractivity contribution is -0.123. The van der Waals surface area contributed by atoms with Gasteiger partial charge in [0.15, 0.2) is 0 Å². The zero-order valence-electron chi connectivity index (χ0n) is 31.4. The Hall–Kier alpha value is -1.17. The Morgan fingerprint density at radius 2 is 0.957 bits per heavy atom. The van der Waals surface area contributed by atoms with Crippen LogP contribution >= 0.6 is 0 Å². The van der Waals surface area contributed by atoms with Crippen LogP contribution < -0.4 is 5.32 Å². The predicted octanol–water partition coefficient (Wildman–Crippen LogP) is 11.4. The molecular weight excluding hydrogens is 582 g/mol. The second-order valence-corrected chi connectivity index (χ2v) is 14.2. The Morgan fingerprint density at radius 1 is 0.553 bits per heavy atom. The van der Waals surface area contributed by atoms with Gasteiger partial charge in [0.05, 0.1) is 24.9 Å². The Labute approximate surface area is 292 Å². The molecular formula is C42H81NO4. The SMILES string of the molecule is CCCCCCCCCCCCCCCCC/C=C/C/C=C/[C@@H](O)C[C@H](O)[C@H](CO)NC(=O)CCCCCCCCCCCCCC. The standard InChI is InChI=1S/C42H81NO4/c1-3-5-7-9-11-13-15-17-18-19-20-21-22-23-24-25-27-29-31-33-35-39(45)37-41(46)40(38-44)43-42(47)36-34-32-30-28-26-16-14-12-10-8-6-4-2/h27,29,33,35,39-41,44-46H,3-26,28,30-32,34,36-38H2,1-2H3,(H,43,47)/b29-27+,35-33+/t39-,40+,41+/m1/s1. The molecule has 0 heterocycles. The number of hydrogen-bond donors (Lipinski definition) is 4. The number of nitrogens with one attached hydrogen (secondary N) is 1. The Balaban J connectivity index is 3.71. The van der Waals surface area contributed by atoms with E-state index in [4.69, 9.17) is 0 Å². The number of hydrogen-bond acceptors (Lipinski definition) is 4. The summed E-state index contributed by atoms with van der Waals surface area (Å²) in [5, 5.41) is 33.2. The van der Waals surface area contributed by atoms with Gasteiger partial charge in [0.25, 0.3) is 0 Å². The van der Waals surface area contributed by atoms with E-state index in [1.807, 2.05) is 6.08 Å². The number of aliphatic hydroxyl groups excluding tert-OH is 3. The van der Waals surface area contributed by atoms with Crippen molar-refractivity contribution >= 4 is 5.91 Å². The summed E-state index contributed by atoms with van der Waals surface area (Å²) in [4.78, 5) is 12.3. The second-order valence-electron chi connectivity index (χ2n) is 14.2. The molecule has 5 nitrogen and oxygen atoms in total. The summed E-state index contributed by atoms with van der Waals surface area (Å²) in [6.45, 7) is 4.19. The van der Waals surface area contributed by atoms with Crippen LogP contribution in [0.15, 0.2) is 24.3 Å². The molecule has 4 N–H and O–H groups in total. The fourth-order valence-corrected chi connectivity index (χ4v) is 6.32. The van der Waals surface area contributed by atoms with Crippen molar-refractivity contribution in [2.45, 2.75) is 231 Å². The molecule has 0 fully saturated rings. The maximum atomic E-state index is 12.3. The molecule has 0 aliphatic carbocycles. The van der Waals surface area contributed by atoms with Crippen LogP contribution in [0.2, 0.25) is 0 Å². The van der Waals surface area contributed by atoms with Gasteiger partial charge in [0.2, 0.25) is 5.91 Å². The van der Waals surface area contributed by atoms with Crippen LogP contribution in [0.5, 0.6) is 0 Å². The van der Waals surface area contributed by atoms with Crippen LogP contribution in [-0.4, -0.2) is 46.1 Å². The molecule has 278 valence electrons. The van der Waals surface area contributed by atoms with E-state index in [1.165, 1.54) is 154 Å². The van der Waals surface area contributed by atoms with Crippen molar-refractivity contribution in [1.82, 2.24) is 5.32 Å². The summed E-state index contributed by atoms with van der Waals surface area (Å²) in [6, 6.07) is -0.752. The summed E-state index contributed by atoms with van der Waals surface area (Å²) in [5.41, 5.74) is 0. The van der Waals surface area contributed by atoms with Crippen LogP contribution in [0.3, 0.4) is 0 Å². The third-order valence-electron chi connectivity index (χ3n) is 9.52. The number of carbonyl (C=O) groups excluding carboxylic acids is 1. The maximum absolute atomic E-state index is 12.3.